The molecule has 2 rings (SSSR count). The zero-order valence-corrected chi connectivity index (χ0v) is 13.9. The molecule has 4 nitrogen and oxygen atoms in total. The fourth-order valence-electron chi connectivity index (χ4n) is 2.10. The van der Waals surface area contributed by atoms with Crippen molar-refractivity contribution in [1.82, 2.24) is 10.0 Å². The van der Waals surface area contributed by atoms with E-state index in [1.54, 1.807) is 19.1 Å². The summed E-state index contributed by atoms with van der Waals surface area (Å²) in [5.74, 6) is 0. The average molecular weight is 370 g/mol. The minimum absolute atomic E-state index is 0. The molecule has 7 heteroatoms. The van der Waals surface area contributed by atoms with Gasteiger partial charge in [0.15, 0.2) is 0 Å². The number of hydrogen-bond acceptors (Lipinski definition) is 3. The van der Waals surface area contributed by atoms with Crippen LogP contribution in [0.4, 0.5) is 0 Å². The lowest BCUT2D eigenvalue weighted by Crippen LogP contribution is -2.45. The normalized spacial score (nSPS) is 19.8. The Morgan fingerprint density at radius 3 is 2.79 bits per heavy atom. The van der Waals surface area contributed by atoms with Gasteiger partial charge in [-0.2, -0.15) is 0 Å². The highest BCUT2D eigenvalue weighted by Gasteiger charge is 2.23. The third-order valence-electron chi connectivity index (χ3n) is 3.06. The van der Waals surface area contributed by atoms with Crippen LogP contribution in [0.1, 0.15) is 18.4 Å². The lowest BCUT2D eigenvalue weighted by molar-refractivity contribution is 0.428. The van der Waals surface area contributed by atoms with Crippen LogP contribution in [-0.4, -0.2) is 27.5 Å². The number of piperidine rings is 1. The summed E-state index contributed by atoms with van der Waals surface area (Å²) in [7, 11) is -3.43. The molecule has 108 valence electrons. The molecule has 1 aromatic rings. The number of hydrogen-bond donors (Lipinski definition) is 2. The van der Waals surface area contributed by atoms with Crippen LogP contribution < -0.4 is 10.0 Å². The Morgan fingerprint density at radius 1 is 1.42 bits per heavy atom. The van der Waals surface area contributed by atoms with Crippen LogP contribution in [0.25, 0.3) is 0 Å². The van der Waals surface area contributed by atoms with Crippen LogP contribution in [0.3, 0.4) is 0 Å². The predicted molar refractivity (Wildman–Crippen MR) is 82.3 cm³/mol. The topological polar surface area (TPSA) is 58.2 Å². The Kier molecular flexibility index (Phi) is 6.26. The fourth-order valence-corrected chi connectivity index (χ4v) is 4.15. The molecule has 1 aliphatic rings. The van der Waals surface area contributed by atoms with E-state index in [1.165, 1.54) is 0 Å². The van der Waals surface area contributed by atoms with Crippen molar-refractivity contribution < 1.29 is 8.42 Å². The molecule has 0 bridgehead atoms. The van der Waals surface area contributed by atoms with Gasteiger partial charge in [0, 0.05) is 17.1 Å². The van der Waals surface area contributed by atoms with Crippen molar-refractivity contribution in [3.63, 3.8) is 0 Å². The van der Waals surface area contributed by atoms with E-state index in [9.17, 15) is 8.42 Å². The average Bonchev–Trinajstić information content (AvgIpc) is 2.33. The van der Waals surface area contributed by atoms with Crippen LogP contribution in [0, 0.1) is 6.92 Å². The Balaban J connectivity index is 0.00000180. The Morgan fingerprint density at radius 2 is 2.16 bits per heavy atom. The SMILES string of the molecule is Cc1ccc(Br)cc1S(=O)(=O)N[C@H]1CCCNC1.Cl. The van der Waals surface area contributed by atoms with Gasteiger partial charge in [0.1, 0.15) is 0 Å². The first-order valence-electron chi connectivity index (χ1n) is 5.98. The van der Waals surface area contributed by atoms with E-state index in [1.807, 2.05) is 6.07 Å². The number of halogens is 2. The number of nitrogens with one attached hydrogen (secondary N) is 2. The van der Waals surface area contributed by atoms with Crippen molar-refractivity contribution in [3.8, 4) is 0 Å². The molecule has 19 heavy (non-hydrogen) atoms. The van der Waals surface area contributed by atoms with Gasteiger partial charge in [0.2, 0.25) is 10.0 Å². The van der Waals surface area contributed by atoms with E-state index >= 15 is 0 Å². The molecule has 0 saturated carbocycles. The van der Waals surface area contributed by atoms with Gasteiger partial charge < -0.3 is 5.32 Å². The molecular formula is C12H18BrClN2O2S. The minimum Gasteiger partial charge on any atom is -0.315 e. The molecule has 2 N–H and O–H groups in total. The van der Waals surface area contributed by atoms with E-state index in [0.29, 0.717) is 11.4 Å². The van der Waals surface area contributed by atoms with E-state index in [0.717, 1.165) is 29.4 Å². The highest BCUT2D eigenvalue weighted by molar-refractivity contribution is 9.10. The first-order chi connectivity index (χ1) is 8.49. The van der Waals surface area contributed by atoms with Crippen LogP contribution in [0.2, 0.25) is 0 Å². The van der Waals surface area contributed by atoms with Crippen LogP contribution >= 0.6 is 28.3 Å². The van der Waals surface area contributed by atoms with Crippen molar-refractivity contribution in [1.29, 1.82) is 0 Å². The van der Waals surface area contributed by atoms with Gasteiger partial charge in [-0.15, -0.1) is 12.4 Å². The quantitative estimate of drug-likeness (QED) is 0.859. The van der Waals surface area contributed by atoms with Gasteiger partial charge in [-0.1, -0.05) is 22.0 Å². The van der Waals surface area contributed by atoms with E-state index < -0.39 is 10.0 Å². The largest absolute Gasteiger partial charge is 0.315 e. The molecule has 1 atom stereocenters. The fraction of sp³-hybridized carbons (Fsp3) is 0.500. The Bertz CT molecular complexity index is 531. The highest BCUT2D eigenvalue weighted by atomic mass is 79.9. The molecule has 1 fully saturated rings. The summed E-state index contributed by atoms with van der Waals surface area (Å²) in [6.07, 6.45) is 1.89. The molecule has 0 unspecified atom stereocenters. The number of benzene rings is 1. The summed E-state index contributed by atoms with van der Waals surface area (Å²) in [5, 5.41) is 3.20. The van der Waals surface area contributed by atoms with Crippen molar-refractivity contribution >= 4 is 38.4 Å². The smallest absolute Gasteiger partial charge is 0.241 e. The summed E-state index contributed by atoms with van der Waals surface area (Å²) < 4.78 is 28.2. The van der Waals surface area contributed by atoms with Gasteiger partial charge in [0.05, 0.1) is 4.90 Å². The molecule has 0 aromatic heterocycles. The van der Waals surface area contributed by atoms with Crippen LogP contribution in [0.5, 0.6) is 0 Å². The van der Waals surface area contributed by atoms with Crippen molar-refractivity contribution in [2.75, 3.05) is 13.1 Å². The maximum atomic E-state index is 12.3. The van der Waals surface area contributed by atoms with Crippen molar-refractivity contribution in [3.05, 3.63) is 28.2 Å². The summed E-state index contributed by atoms with van der Waals surface area (Å²) >= 11 is 3.31. The minimum atomic E-state index is -3.43. The highest BCUT2D eigenvalue weighted by Crippen LogP contribution is 2.21. The third kappa shape index (κ3) is 4.43. The van der Waals surface area contributed by atoms with Crippen molar-refractivity contribution in [2.45, 2.75) is 30.7 Å². The zero-order chi connectivity index (χ0) is 13.2. The first-order valence-corrected chi connectivity index (χ1v) is 8.26. The lowest BCUT2D eigenvalue weighted by atomic mass is 10.1. The zero-order valence-electron chi connectivity index (χ0n) is 10.6. The molecule has 0 spiro atoms. The first kappa shape index (κ1) is 16.9. The maximum Gasteiger partial charge on any atom is 0.241 e. The molecule has 0 radical (unpaired) electrons. The Hall–Kier alpha value is -0.140. The summed E-state index contributed by atoms with van der Waals surface area (Å²) in [5.41, 5.74) is 0.759. The molecule has 1 aromatic carbocycles. The van der Waals surface area contributed by atoms with E-state index in [2.05, 4.69) is 26.0 Å². The van der Waals surface area contributed by atoms with Crippen LogP contribution in [0.15, 0.2) is 27.6 Å². The summed E-state index contributed by atoms with van der Waals surface area (Å²) in [6.45, 7) is 3.47. The second-order valence-electron chi connectivity index (χ2n) is 4.57. The molecule has 0 amide bonds. The van der Waals surface area contributed by atoms with Gasteiger partial charge in [0.25, 0.3) is 0 Å². The number of rotatable bonds is 3. The second-order valence-corrected chi connectivity index (χ2v) is 7.17. The standard InChI is InChI=1S/C12H17BrN2O2S.ClH/c1-9-4-5-10(13)7-12(9)18(16,17)15-11-3-2-6-14-8-11;/h4-5,7,11,14-15H,2-3,6,8H2,1H3;1H/t11-;/m0./s1. The molecular weight excluding hydrogens is 352 g/mol. The molecule has 0 aliphatic carbocycles. The molecule has 1 aliphatic heterocycles. The molecule has 1 saturated heterocycles. The maximum absolute atomic E-state index is 12.3. The van der Waals surface area contributed by atoms with Gasteiger partial charge >= 0.3 is 0 Å². The second kappa shape index (κ2) is 7.04. The van der Waals surface area contributed by atoms with E-state index in [4.69, 9.17) is 0 Å². The van der Waals surface area contributed by atoms with Crippen LogP contribution in [-0.2, 0) is 10.0 Å². The van der Waals surface area contributed by atoms with Gasteiger partial charge in [-0.25, -0.2) is 13.1 Å². The Labute approximate surface area is 128 Å². The van der Waals surface area contributed by atoms with Gasteiger partial charge in [-0.05, 0) is 44.0 Å². The monoisotopic (exact) mass is 368 g/mol. The molecule has 1 heterocycles. The number of sulfonamides is 1. The third-order valence-corrected chi connectivity index (χ3v) is 5.21. The number of aryl methyl sites for hydroxylation is 1. The van der Waals surface area contributed by atoms with E-state index in [-0.39, 0.29) is 18.4 Å². The predicted octanol–water partition coefficient (Wildman–Crippen LogP) is 2.21. The summed E-state index contributed by atoms with van der Waals surface area (Å²) in [4.78, 5) is 0.349. The lowest BCUT2D eigenvalue weighted by Gasteiger charge is -2.24. The van der Waals surface area contributed by atoms with Crippen molar-refractivity contribution in [2.24, 2.45) is 0 Å². The van der Waals surface area contributed by atoms with Gasteiger partial charge in [-0.3, -0.25) is 0 Å². The summed E-state index contributed by atoms with van der Waals surface area (Å²) in [6, 6.07) is 5.28.